The van der Waals surface area contributed by atoms with Crippen LogP contribution in [0.3, 0.4) is 0 Å². The fourth-order valence-electron chi connectivity index (χ4n) is 1.62. The van der Waals surface area contributed by atoms with E-state index in [1.54, 1.807) is 12.1 Å². The van der Waals surface area contributed by atoms with Crippen molar-refractivity contribution in [3.8, 4) is 0 Å². The van der Waals surface area contributed by atoms with Crippen LogP contribution in [-0.4, -0.2) is 16.1 Å². The number of carboxylic acids is 1. The molecule has 1 aromatic carbocycles. The van der Waals surface area contributed by atoms with Crippen LogP contribution in [0.15, 0.2) is 48.7 Å². The molecule has 1 heterocycles. The number of carboxylic acid groups (broad SMARTS) is 1. The second-order valence-electron chi connectivity index (χ2n) is 3.83. The van der Waals surface area contributed by atoms with Crippen molar-refractivity contribution in [1.82, 2.24) is 4.98 Å². The van der Waals surface area contributed by atoms with Crippen molar-refractivity contribution in [2.75, 3.05) is 0 Å². The number of aromatic carboxylic acids is 1. The molecule has 0 saturated carbocycles. The van der Waals surface area contributed by atoms with Crippen LogP contribution >= 0.6 is 0 Å². The van der Waals surface area contributed by atoms with E-state index in [0.717, 1.165) is 18.5 Å². The van der Waals surface area contributed by atoms with Gasteiger partial charge in [0.05, 0.1) is 5.56 Å². The highest BCUT2D eigenvalue weighted by atomic mass is 16.4. The zero-order chi connectivity index (χ0) is 12.1. The molecule has 3 heteroatoms. The molecule has 0 aliphatic carbocycles. The molecular weight excluding hydrogens is 214 g/mol. The van der Waals surface area contributed by atoms with E-state index < -0.39 is 5.97 Å². The van der Waals surface area contributed by atoms with E-state index in [0.29, 0.717) is 0 Å². The largest absolute Gasteiger partial charge is 0.478 e. The smallest absolute Gasteiger partial charge is 0.337 e. The van der Waals surface area contributed by atoms with E-state index >= 15 is 0 Å². The predicted octanol–water partition coefficient (Wildman–Crippen LogP) is 2.57. The lowest BCUT2D eigenvalue weighted by atomic mass is 10.1. The third-order valence-corrected chi connectivity index (χ3v) is 2.58. The van der Waals surface area contributed by atoms with Crippen molar-refractivity contribution < 1.29 is 9.90 Å². The van der Waals surface area contributed by atoms with Gasteiger partial charge in [-0.05, 0) is 30.5 Å². The van der Waals surface area contributed by atoms with Gasteiger partial charge in [0.1, 0.15) is 0 Å². The van der Waals surface area contributed by atoms with Gasteiger partial charge in [0.15, 0.2) is 0 Å². The van der Waals surface area contributed by atoms with Crippen molar-refractivity contribution >= 4 is 5.97 Å². The van der Waals surface area contributed by atoms with E-state index in [4.69, 9.17) is 5.11 Å². The number of aryl methyl sites for hydroxylation is 2. The van der Waals surface area contributed by atoms with Gasteiger partial charge in [0, 0.05) is 11.9 Å². The fraction of sp³-hybridized carbons (Fsp3) is 0.143. The number of nitrogens with zero attached hydrogens (tertiary/aromatic N) is 1. The zero-order valence-electron chi connectivity index (χ0n) is 9.34. The Morgan fingerprint density at radius 2 is 1.82 bits per heavy atom. The van der Waals surface area contributed by atoms with Crippen LogP contribution < -0.4 is 0 Å². The molecule has 0 unspecified atom stereocenters. The van der Waals surface area contributed by atoms with Crippen LogP contribution in [-0.2, 0) is 12.8 Å². The molecule has 1 N–H and O–H groups in total. The van der Waals surface area contributed by atoms with Crippen LogP contribution in [0.4, 0.5) is 0 Å². The minimum absolute atomic E-state index is 0.230. The minimum Gasteiger partial charge on any atom is -0.478 e. The SMILES string of the molecule is O=C(O)c1ccc(CCc2ccccc2)nc1. The first-order chi connectivity index (χ1) is 8.25. The molecule has 86 valence electrons. The zero-order valence-corrected chi connectivity index (χ0v) is 9.34. The summed E-state index contributed by atoms with van der Waals surface area (Å²) in [5.74, 6) is -0.938. The first-order valence-corrected chi connectivity index (χ1v) is 5.48. The second-order valence-corrected chi connectivity index (χ2v) is 3.83. The highest BCUT2D eigenvalue weighted by Crippen LogP contribution is 2.06. The lowest BCUT2D eigenvalue weighted by molar-refractivity contribution is 0.0696. The average molecular weight is 227 g/mol. The van der Waals surface area contributed by atoms with E-state index in [9.17, 15) is 4.79 Å². The van der Waals surface area contributed by atoms with Crippen molar-refractivity contribution in [3.05, 3.63) is 65.5 Å². The van der Waals surface area contributed by atoms with Crippen molar-refractivity contribution in [2.45, 2.75) is 12.8 Å². The Labute approximate surface area is 99.8 Å². The van der Waals surface area contributed by atoms with Crippen LogP contribution in [0.5, 0.6) is 0 Å². The van der Waals surface area contributed by atoms with Crippen LogP contribution in [0.25, 0.3) is 0 Å². The number of benzene rings is 1. The van der Waals surface area contributed by atoms with E-state index in [-0.39, 0.29) is 5.56 Å². The summed E-state index contributed by atoms with van der Waals surface area (Å²) >= 11 is 0. The maximum Gasteiger partial charge on any atom is 0.337 e. The maximum absolute atomic E-state index is 10.7. The van der Waals surface area contributed by atoms with Crippen LogP contribution in [0.1, 0.15) is 21.6 Å². The summed E-state index contributed by atoms with van der Waals surface area (Å²) in [6, 6.07) is 13.5. The van der Waals surface area contributed by atoms with Gasteiger partial charge in [-0.3, -0.25) is 4.98 Å². The molecule has 0 spiro atoms. The number of carbonyl (C=O) groups is 1. The average Bonchev–Trinajstić information content (AvgIpc) is 2.38. The summed E-state index contributed by atoms with van der Waals surface area (Å²) in [7, 11) is 0. The standard InChI is InChI=1S/C14H13NO2/c16-14(17)12-7-9-13(15-10-12)8-6-11-4-2-1-3-5-11/h1-5,7,9-10H,6,8H2,(H,16,17). The molecule has 0 bridgehead atoms. The summed E-state index contributed by atoms with van der Waals surface area (Å²) in [5.41, 5.74) is 2.41. The molecule has 0 radical (unpaired) electrons. The number of hydrogen-bond donors (Lipinski definition) is 1. The van der Waals surface area contributed by atoms with E-state index in [1.807, 2.05) is 18.2 Å². The third kappa shape index (κ3) is 3.14. The van der Waals surface area contributed by atoms with Crippen molar-refractivity contribution in [3.63, 3.8) is 0 Å². The Morgan fingerprint density at radius 3 is 2.41 bits per heavy atom. The predicted molar refractivity (Wildman–Crippen MR) is 65.0 cm³/mol. The molecule has 0 fully saturated rings. The number of aromatic nitrogens is 1. The van der Waals surface area contributed by atoms with Gasteiger partial charge in [0.2, 0.25) is 0 Å². The summed E-state index contributed by atoms with van der Waals surface area (Å²) in [6.45, 7) is 0. The molecule has 0 aliphatic heterocycles. The van der Waals surface area contributed by atoms with Gasteiger partial charge in [-0.25, -0.2) is 4.79 Å². The Kier molecular flexibility index (Phi) is 3.50. The Morgan fingerprint density at radius 1 is 1.06 bits per heavy atom. The van der Waals surface area contributed by atoms with Gasteiger partial charge in [-0.2, -0.15) is 0 Å². The molecule has 2 aromatic rings. The molecule has 0 atom stereocenters. The quantitative estimate of drug-likeness (QED) is 0.873. The lowest BCUT2D eigenvalue weighted by Gasteiger charge is -2.01. The highest BCUT2D eigenvalue weighted by Gasteiger charge is 2.02. The first kappa shape index (κ1) is 11.3. The molecular formula is C14H13NO2. The first-order valence-electron chi connectivity index (χ1n) is 5.48. The number of pyridine rings is 1. The fourth-order valence-corrected chi connectivity index (χ4v) is 1.62. The summed E-state index contributed by atoms with van der Waals surface area (Å²) in [5, 5.41) is 8.74. The Bertz CT molecular complexity index is 491. The molecule has 1 aromatic heterocycles. The molecule has 2 rings (SSSR count). The monoisotopic (exact) mass is 227 g/mol. The van der Waals surface area contributed by atoms with E-state index in [2.05, 4.69) is 17.1 Å². The van der Waals surface area contributed by atoms with Crippen molar-refractivity contribution in [1.29, 1.82) is 0 Å². The maximum atomic E-state index is 10.7. The van der Waals surface area contributed by atoms with Crippen LogP contribution in [0.2, 0.25) is 0 Å². The topological polar surface area (TPSA) is 50.2 Å². The number of rotatable bonds is 4. The lowest BCUT2D eigenvalue weighted by Crippen LogP contribution is -1.99. The molecule has 0 aliphatic rings. The summed E-state index contributed by atoms with van der Waals surface area (Å²) in [4.78, 5) is 14.8. The number of hydrogen-bond acceptors (Lipinski definition) is 2. The molecule has 17 heavy (non-hydrogen) atoms. The minimum atomic E-state index is -0.938. The van der Waals surface area contributed by atoms with Crippen molar-refractivity contribution in [2.24, 2.45) is 0 Å². The van der Waals surface area contributed by atoms with E-state index in [1.165, 1.54) is 11.8 Å². The third-order valence-electron chi connectivity index (χ3n) is 2.58. The van der Waals surface area contributed by atoms with Gasteiger partial charge in [-0.15, -0.1) is 0 Å². The Hall–Kier alpha value is -2.16. The van der Waals surface area contributed by atoms with Gasteiger partial charge in [0.25, 0.3) is 0 Å². The molecule has 0 saturated heterocycles. The van der Waals surface area contributed by atoms with Crippen LogP contribution in [0, 0.1) is 0 Å². The molecule has 3 nitrogen and oxygen atoms in total. The van der Waals surface area contributed by atoms with Gasteiger partial charge >= 0.3 is 5.97 Å². The summed E-state index contributed by atoms with van der Waals surface area (Å²) < 4.78 is 0. The van der Waals surface area contributed by atoms with Gasteiger partial charge < -0.3 is 5.11 Å². The summed E-state index contributed by atoms with van der Waals surface area (Å²) in [6.07, 6.45) is 3.15. The van der Waals surface area contributed by atoms with Gasteiger partial charge in [-0.1, -0.05) is 30.3 Å². The second kappa shape index (κ2) is 5.25. The normalized spacial score (nSPS) is 10.1. The Balaban J connectivity index is 1.98. The molecule has 0 amide bonds. The highest BCUT2D eigenvalue weighted by molar-refractivity contribution is 5.87.